The average molecular weight is 390 g/mol. The van der Waals surface area contributed by atoms with Gasteiger partial charge in [0.2, 0.25) is 5.91 Å². The second kappa shape index (κ2) is 8.17. The third-order valence-corrected chi connectivity index (χ3v) is 6.10. The Morgan fingerprint density at radius 2 is 2.18 bits per heavy atom. The molecule has 1 amide bonds. The zero-order chi connectivity index (χ0) is 19.6. The predicted molar refractivity (Wildman–Crippen MR) is 101 cm³/mol. The summed E-state index contributed by atoms with van der Waals surface area (Å²) in [6.45, 7) is 2.19. The smallest absolute Gasteiger partial charge is 0.229 e. The number of benzene rings is 1. The van der Waals surface area contributed by atoms with Crippen LogP contribution >= 0.6 is 0 Å². The second-order valence-electron chi connectivity index (χ2n) is 8.12. The maximum absolute atomic E-state index is 13.5. The summed E-state index contributed by atoms with van der Waals surface area (Å²) in [6, 6.07) is 6.33. The number of aliphatic hydroxyl groups is 1. The van der Waals surface area contributed by atoms with Crippen molar-refractivity contribution in [2.75, 3.05) is 26.3 Å². The maximum atomic E-state index is 13.5. The lowest BCUT2D eigenvalue weighted by Gasteiger charge is -2.42. The average Bonchev–Trinajstić information content (AvgIpc) is 3.16. The van der Waals surface area contributed by atoms with Crippen molar-refractivity contribution >= 4 is 11.6 Å². The van der Waals surface area contributed by atoms with Gasteiger partial charge in [-0.2, -0.15) is 0 Å². The van der Waals surface area contributed by atoms with Crippen LogP contribution in [0.5, 0.6) is 0 Å². The molecule has 3 aliphatic rings. The van der Waals surface area contributed by atoms with E-state index >= 15 is 0 Å². The van der Waals surface area contributed by atoms with Gasteiger partial charge in [0.15, 0.2) is 0 Å². The molecular weight excluding hydrogens is 363 g/mol. The summed E-state index contributed by atoms with van der Waals surface area (Å²) >= 11 is 0. The van der Waals surface area contributed by atoms with Gasteiger partial charge in [0.05, 0.1) is 17.2 Å². The van der Waals surface area contributed by atoms with Crippen LogP contribution in [0.4, 0.5) is 4.39 Å². The Labute approximate surface area is 164 Å². The van der Waals surface area contributed by atoms with Gasteiger partial charge < -0.3 is 19.6 Å². The zero-order valence-electron chi connectivity index (χ0n) is 16.0. The molecule has 4 rings (SSSR count). The molecule has 3 heterocycles. The molecular formula is C21H27FN2O4. The number of amides is 1. The molecule has 0 spiro atoms. The van der Waals surface area contributed by atoms with Crippen LogP contribution in [0.2, 0.25) is 0 Å². The Hall–Kier alpha value is -1.99. The van der Waals surface area contributed by atoms with Crippen molar-refractivity contribution in [3.8, 4) is 0 Å². The molecule has 0 aromatic heterocycles. The highest BCUT2D eigenvalue weighted by atomic mass is 19.1. The number of hydrogen-bond acceptors (Lipinski definition) is 5. The Kier molecular flexibility index (Phi) is 5.64. The highest BCUT2D eigenvalue weighted by Crippen LogP contribution is 2.40. The van der Waals surface area contributed by atoms with Crippen LogP contribution in [-0.4, -0.2) is 60.1 Å². The Morgan fingerprint density at radius 3 is 2.93 bits per heavy atom. The number of piperidine rings is 1. The fraction of sp³-hybridized carbons (Fsp3) is 0.619. The standard InChI is InChI=1S/C21H27FN2O4/c22-16-4-1-3-15(11-16)19-12-18(28-23-19)13-21(6-9-27-10-7-21)20(26)24-8-2-5-17(25)14-24/h1,3-4,11,17-18,25H,2,5-10,12-14H2/t17-,18+/m0/s1. The number of ether oxygens (including phenoxy) is 1. The van der Waals surface area contributed by atoms with Crippen LogP contribution in [0.25, 0.3) is 0 Å². The van der Waals surface area contributed by atoms with Crippen molar-refractivity contribution in [3.05, 3.63) is 35.6 Å². The minimum atomic E-state index is -0.549. The van der Waals surface area contributed by atoms with Gasteiger partial charge in [-0.3, -0.25) is 4.79 Å². The van der Waals surface area contributed by atoms with Crippen molar-refractivity contribution in [1.82, 2.24) is 4.90 Å². The molecule has 6 nitrogen and oxygen atoms in total. The number of nitrogens with zero attached hydrogens (tertiary/aromatic N) is 2. The number of rotatable bonds is 4. The Morgan fingerprint density at radius 1 is 1.36 bits per heavy atom. The van der Waals surface area contributed by atoms with Crippen molar-refractivity contribution in [1.29, 1.82) is 0 Å². The van der Waals surface area contributed by atoms with E-state index in [2.05, 4.69) is 5.16 Å². The summed E-state index contributed by atoms with van der Waals surface area (Å²) in [6.07, 6.45) is 3.32. The molecule has 1 aromatic rings. The number of halogens is 1. The molecule has 0 unspecified atom stereocenters. The summed E-state index contributed by atoms with van der Waals surface area (Å²) in [4.78, 5) is 20.9. The molecule has 3 aliphatic heterocycles. The van der Waals surface area contributed by atoms with Crippen LogP contribution in [0.1, 0.15) is 44.1 Å². The fourth-order valence-electron chi connectivity index (χ4n) is 4.55. The zero-order valence-corrected chi connectivity index (χ0v) is 16.0. The van der Waals surface area contributed by atoms with Gasteiger partial charge >= 0.3 is 0 Å². The Bertz CT molecular complexity index is 748. The first kappa shape index (κ1) is 19.3. The minimum absolute atomic E-state index is 0.0948. The molecule has 1 aromatic carbocycles. The van der Waals surface area contributed by atoms with E-state index in [9.17, 15) is 14.3 Å². The summed E-state index contributed by atoms with van der Waals surface area (Å²) < 4.78 is 19.0. The highest BCUT2D eigenvalue weighted by molar-refractivity contribution is 6.01. The summed E-state index contributed by atoms with van der Waals surface area (Å²) in [7, 11) is 0. The number of likely N-dealkylation sites (tertiary alicyclic amines) is 1. The lowest BCUT2D eigenvalue weighted by atomic mass is 9.73. The number of hydrogen-bond donors (Lipinski definition) is 1. The molecule has 7 heteroatoms. The lowest BCUT2D eigenvalue weighted by molar-refractivity contribution is -0.154. The second-order valence-corrected chi connectivity index (χ2v) is 8.12. The maximum Gasteiger partial charge on any atom is 0.229 e. The van der Waals surface area contributed by atoms with E-state index in [-0.39, 0.29) is 17.8 Å². The van der Waals surface area contributed by atoms with Crippen LogP contribution in [0.15, 0.2) is 29.4 Å². The molecule has 0 bridgehead atoms. The highest BCUT2D eigenvalue weighted by Gasteiger charge is 2.46. The van der Waals surface area contributed by atoms with Gasteiger partial charge in [0.1, 0.15) is 11.9 Å². The van der Waals surface area contributed by atoms with Gasteiger partial charge in [0.25, 0.3) is 0 Å². The largest absolute Gasteiger partial charge is 0.392 e. The summed E-state index contributed by atoms with van der Waals surface area (Å²) in [5.74, 6) is -0.208. The van der Waals surface area contributed by atoms with E-state index in [1.807, 2.05) is 11.0 Å². The van der Waals surface area contributed by atoms with E-state index in [0.29, 0.717) is 63.3 Å². The number of aliphatic hydroxyl groups excluding tert-OH is 1. The van der Waals surface area contributed by atoms with E-state index in [1.165, 1.54) is 12.1 Å². The van der Waals surface area contributed by atoms with Crippen LogP contribution in [0, 0.1) is 11.2 Å². The summed E-state index contributed by atoms with van der Waals surface area (Å²) in [5.41, 5.74) is 0.883. The van der Waals surface area contributed by atoms with E-state index in [0.717, 1.165) is 12.8 Å². The molecule has 0 saturated carbocycles. The first-order valence-electron chi connectivity index (χ1n) is 10.1. The van der Waals surface area contributed by atoms with Gasteiger partial charge in [-0.15, -0.1) is 0 Å². The first-order valence-corrected chi connectivity index (χ1v) is 10.1. The molecule has 2 saturated heterocycles. The fourth-order valence-corrected chi connectivity index (χ4v) is 4.55. The van der Waals surface area contributed by atoms with E-state index in [1.54, 1.807) is 6.07 Å². The third kappa shape index (κ3) is 4.05. The van der Waals surface area contributed by atoms with E-state index < -0.39 is 11.5 Å². The molecule has 1 N–H and O–H groups in total. The predicted octanol–water partition coefficient (Wildman–Crippen LogP) is 2.49. The number of carbonyl (C=O) groups is 1. The molecule has 2 atom stereocenters. The van der Waals surface area contributed by atoms with Crippen molar-refractivity contribution in [2.45, 2.75) is 50.7 Å². The van der Waals surface area contributed by atoms with Gasteiger partial charge in [-0.05, 0) is 37.8 Å². The quantitative estimate of drug-likeness (QED) is 0.858. The normalized spacial score (nSPS) is 27.2. The molecule has 152 valence electrons. The van der Waals surface area contributed by atoms with E-state index in [4.69, 9.17) is 9.57 Å². The topological polar surface area (TPSA) is 71.4 Å². The third-order valence-electron chi connectivity index (χ3n) is 6.10. The van der Waals surface area contributed by atoms with Gasteiger partial charge in [-0.25, -0.2) is 4.39 Å². The SMILES string of the molecule is O=C(N1CCC[C@H](O)C1)C1(C[C@H]2CC(c3cccc(F)c3)=NO2)CCOCC1. The number of carbonyl (C=O) groups excluding carboxylic acids is 1. The van der Waals surface area contributed by atoms with Crippen molar-refractivity contribution in [3.63, 3.8) is 0 Å². The molecule has 0 radical (unpaired) electrons. The molecule has 0 aliphatic carbocycles. The summed E-state index contributed by atoms with van der Waals surface area (Å²) in [5, 5.41) is 14.1. The lowest BCUT2D eigenvalue weighted by Crippen LogP contribution is -2.52. The van der Waals surface area contributed by atoms with Gasteiger partial charge in [-0.1, -0.05) is 17.3 Å². The van der Waals surface area contributed by atoms with Crippen LogP contribution in [-0.2, 0) is 14.4 Å². The van der Waals surface area contributed by atoms with Crippen molar-refractivity contribution < 1.29 is 23.9 Å². The Balaban J connectivity index is 1.46. The number of β-amino-alcohol motifs (C(OH)–C–C–N with tert-alkyl or cyclic N) is 1. The number of oxime groups is 1. The minimum Gasteiger partial charge on any atom is -0.392 e. The van der Waals surface area contributed by atoms with Crippen LogP contribution in [0.3, 0.4) is 0 Å². The first-order chi connectivity index (χ1) is 13.6. The molecule has 2 fully saturated rings. The van der Waals surface area contributed by atoms with Crippen molar-refractivity contribution in [2.24, 2.45) is 10.6 Å². The molecule has 28 heavy (non-hydrogen) atoms. The monoisotopic (exact) mass is 390 g/mol. The van der Waals surface area contributed by atoms with Crippen LogP contribution < -0.4 is 0 Å². The van der Waals surface area contributed by atoms with Gasteiger partial charge in [0, 0.05) is 44.7 Å².